The minimum Gasteiger partial charge on any atom is -0.462 e. The number of carbonyl (C=O) groups excluding carboxylic acids is 2. The zero-order chi connectivity index (χ0) is 18.5. The summed E-state index contributed by atoms with van der Waals surface area (Å²) >= 11 is 2.05. The molecule has 0 spiro atoms. The van der Waals surface area contributed by atoms with E-state index in [1.54, 1.807) is 12.1 Å². The molecule has 1 aromatic carbocycles. The number of carbonyl (C=O) groups is 2. The first-order valence-corrected chi connectivity index (χ1v) is 9.46. The van der Waals surface area contributed by atoms with Crippen molar-refractivity contribution in [3.8, 4) is 0 Å². The molecule has 6 nitrogen and oxygen atoms in total. The van der Waals surface area contributed by atoms with Gasteiger partial charge in [0.25, 0.3) is 0 Å². The van der Waals surface area contributed by atoms with E-state index in [4.69, 9.17) is 18.9 Å². The summed E-state index contributed by atoms with van der Waals surface area (Å²) < 4.78 is 21.5. The number of rotatable bonds is 12. The largest absolute Gasteiger partial charge is 0.462 e. The van der Waals surface area contributed by atoms with Crippen molar-refractivity contribution in [3.63, 3.8) is 0 Å². The molecule has 1 rings (SSSR count). The van der Waals surface area contributed by atoms with Gasteiger partial charge in [0.05, 0.1) is 24.3 Å². The molecule has 0 N–H and O–H groups in total. The van der Waals surface area contributed by atoms with Gasteiger partial charge in [-0.15, -0.1) is 0 Å². The van der Waals surface area contributed by atoms with Crippen LogP contribution in [0.2, 0.25) is 0 Å². The first-order valence-electron chi connectivity index (χ1n) is 8.38. The van der Waals surface area contributed by atoms with Crippen molar-refractivity contribution in [2.24, 2.45) is 0 Å². The quantitative estimate of drug-likeness (QED) is 0.268. The molecule has 0 aliphatic heterocycles. The van der Waals surface area contributed by atoms with Gasteiger partial charge in [0.15, 0.2) is 0 Å². The maximum atomic E-state index is 12.1. The topological polar surface area (TPSA) is 71.1 Å². The highest BCUT2D eigenvalue weighted by atomic mass is 127. The predicted molar refractivity (Wildman–Crippen MR) is 102 cm³/mol. The number of hydrogen-bond donors (Lipinski definition) is 0. The van der Waals surface area contributed by atoms with Crippen LogP contribution in [0.15, 0.2) is 18.2 Å². The van der Waals surface area contributed by atoms with E-state index in [0.29, 0.717) is 50.4 Å². The van der Waals surface area contributed by atoms with Crippen LogP contribution in [0.5, 0.6) is 0 Å². The number of ether oxygens (including phenoxy) is 4. The zero-order valence-corrected chi connectivity index (χ0v) is 16.9. The summed E-state index contributed by atoms with van der Waals surface area (Å²) in [4.78, 5) is 24.2. The molecule has 0 saturated heterocycles. The van der Waals surface area contributed by atoms with E-state index in [9.17, 15) is 9.59 Å². The second-order valence-corrected chi connectivity index (χ2v) is 6.35. The van der Waals surface area contributed by atoms with Crippen molar-refractivity contribution in [1.29, 1.82) is 0 Å². The van der Waals surface area contributed by atoms with Crippen LogP contribution in [0.25, 0.3) is 0 Å². The molecule has 0 aliphatic carbocycles. The number of esters is 2. The Morgan fingerprint density at radius 1 is 0.800 bits per heavy atom. The molecule has 0 fully saturated rings. The van der Waals surface area contributed by atoms with E-state index < -0.39 is 11.9 Å². The van der Waals surface area contributed by atoms with Gasteiger partial charge in [0, 0.05) is 42.8 Å². The highest BCUT2D eigenvalue weighted by molar-refractivity contribution is 14.1. The lowest BCUT2D eigenvalue weighted by Gasteiger charge is -2.08. The van der Waals surface area contributed by atoms with Gasteiger partial charge in [-0.1, -0.05) is 0 Å². The standard InChI is InChI=1S/C18H25IO6/c1-3-22-7-5-9-24-17(20)14-11-15(13-16(19)12-14)18(21)25-10-6-8-23-4-2/h11-13H,3-10H2,1-2H3. The van der Waals surface area contributed by atoms with Gasteiger partial charge in [0.1, 0.15) is 0 Å². The van der Waals surface area contributed by atoms with E-state index in [1.165, 1.54) is 6.07 Å². The minimum absolute atomic E-state index is 0.279. The molecule has 0 heterocycles. The Bertz CT molecular complexity index is 502. The molecule has 0 aromatic heterocycles. The van der Waals surface area contributed by atoms with Crippen LogP contribution >= 0.6 is 22.6 Å². The molecule has 0 saturated carbocycles. The fourth-order valence-electron chi connectivity index (χ4n) is 1.93. The van der Waals surface area contributed by atoms with Gasteiger partial charge in [-0.2, -0.15) is 0 Å². The molecule has 25 heavy (non-hydrogen) atoms. The van der Waals surface area contributed by atoms with E-state index in [-0.39, 0.29) is 13.2 Å². The van der Waals surface area contributed by atoms with Crippen LogP contribution in [0, 0.1) is 3.57 Å². The Kier molecular flexibility index (Phi) is 11.4. The summed E-state index contributed by atoms with van der Waals surface area (Å²) in [5.74, 6) is -0.916. The van der Waals surface area contributed by atoms with Gasteiger partial charge in [-0.25, -0.2) is 9.59 Å². The average Bonchev–Trinajstić information content (AvgIpc) is 2.60. The summed E-state index contributed by atoms with van der Waals surface area (Å²) in [6.07, 6.45) is 1.27. The first-order chi connectivity index (χ1) is 12.1. The molecule has 0 radical (unpaired) electrons. The third kappa shape index (κ3) is 9.18. The summed E-state index contributed by atoms with van der Waals surface area (Å²) in [5.41, 5.74) is 0.675. The number of benzene rings is 1. The van der Waals surface area contributed by atoms with E-state index in [1.807, 2.05) is 13.8 Å². The lowest BCUT2D eigenvalue weighted by molar-refractivity contribution is 0.0452. The van der Waals surface area contributed by atoms with Gasteiger partial charge < -0.3 is 18.9 Å². The summed E-state index contributed by atoms with van der Waals surface area (Å²) in [7, 11) is 0. The smallest absolute Gasteiger partial charge is 0.338 e. The fraction of sp³-hybridized carbons (Fsp3) is 0.556. The van der Waals surface area contributed by atoms with Gasteiger partial charge in [0.2, 0.25) is 0 Å². The van der Waals surface area contributed by atoms with Crippen molar-refractivity contribution in [3.05, 3.63) is 32.9 Å². The summed E-state index contributed by atoms with van der Waals surface area (Å²) in [6, 6.07) is 4.85. The van der Waals surface area contributed by atoms with E-state index in [2.05, 4.69) is 22.6 Å². The molecule has 0 atom stereocenters. The lowest BCUT2D eigenvalue weighted by atomic mass is 10.1. The highest BCUT2D eigenvalue weighted by Crippen LogP contribution is 2.15. The second-order valence-electron chi connectivity index (χ2n) is 5.10. The van der Waals surface area contributed by atoms with Crippen LogP contribution in [0.3, 0.4) is 0 Å². The lowest BCUT2D eigenvalue weighted by Crippen LogP contribution is -2.12. The first kappa shape index (κ1) is 21.9. The average molecular weight is 464 g/mol. The zero-order valence-electron chi connectivity index (χ0n) is 14.7. The highest BCUT2D eigenvalue weighted by Gasteiger charge is 2.14. The Balaban J connectivity index is 2.53. The van der Waals surface area contributed by atoms with E-state index >= 15 is 0 Å². The Labute approximate surface area is 162 Å². The van der Waals surface area contributed by atoms with Gasteiger partial charge in [-0.05, 0) is 54.6 Å². The normalized spacial score (nSPS) is 10.5. The van der Waals surface area contributed by atoms with Crippen molar-refractivity contribution in [1.82, 2.24) is 0 Å². The maximum Gasteiger partial charge on any atom is 0.338 e. The Hall–Kier alpha value is -1.19. The van der Waals surface area contributed by atoms with Gasteiger partial charge in [-0.3, -0.25) is 0 Å². The molecule has 0 amide bonds. The van der Waals surface area contributed by atoms with Crippen molar-refractivity contribution in [2.45, 2.75) is 26.7 Å². The summed E-state index contributed by atoms with van der Waals surface area (Å²) in [6.45, 7) is 6.76. The van der Waals surface area contributed by atoms with Crippen molar-refractivity contribution in [2.75, 3.05) is 39.6 Å². The molecular weight excluding hydrogens is 439 g/mol. The summed E-state index contributed by atoms with van der Waals surface area (Å²) in [5, 5.41) is 0. The molecule has 7 heteroatoms. The van der Waals surface area contributed by atoms with Crippen LogP contribution in [-0.4, -0.2) is 51.6 Å². The predicted octanol–water partition coefficient (Wildman–Crippen LogP) is 3.46. The minimum atomic E-state index is -0.458. The van der Waals surface area contributed by atoms with Crippen molar-refractivity contribution < 1.29 is 28.5 Å². The third-order valence-electron chi connectivity index (χ3n) is 3.11. The van der Waals surface area contributed by atoms with Gasteiger partial charge >= 0.3 is 11.9 Å². The Morgan fingerprint density at radius 3 is 1.64 bits per heavy atom. The number of hydrogen-bond acceptors (Lipinski definition) is 6. The maximum absolute atomic E-state index is 12.1. The molecule has 0 unspecified atom stereocenters. The van der Waals surface area contributed by atoms with Crippen molar-refractivity contribution >= 4 is 34.5 Å². The van der Waals surface area contributed by atoms with Crippen LogP contribution < -0.4 is 0 Å². The number of halogens is 1. The Morgan fingerprint density at radius 2 is 1.24 bits per heavy atom. The monoisotopic (exact) mass is 464 g/mol. The van der Waals surface area contributed by atoms with E-state index in [0.717, 1.165) is 3.57 Å². The molecule has 1 aromatic rings. The molecule has 140 valence electrons. The fourth-order valence-corrected chi connectivity index (χ4v) is 2.60. The second kappa shape index (κ2) is 13.1. The molecule has 0 aliphatic rings. The van der Waals surface area contributed by atoms with Crippen LogP contribution in [0.1, 0.15) is 47.4 Å². The molecular formula is C18H25IO6. The van der Waals surface area contributed by atoms with Crippen LogP contribution in [0.4, 0.5) is 0 Å². The third-order valence-corrected chi connectivity index (χ3v) is 3.73. The SMILES string of the molecule is CCOCCCOC(=O)c1cc(I)cc(C(=O)OCCCOCC)c1. The molecule has 0 bridgehead atoms. The van der Waals surface area contributed by atoms with Crippen LogP contribution in [-0.2, 0) is 18.9 Å².